The molecule has 0 bridgehead atoms. The van der Waals surface area contributed by atoms with Crippen LogP contribution in [0.5, 0.6) is 11.5 Å². The van der Waals surface area contributed by atoms with Crippen molar-refractivity contribution in [2.24, 2.45) is 5.73 Å². The first kappa shape index (κ1) is 30.3. The molecule has 6 rings (SSSR count). The second-order valence-electron chi connectivity index (χ2n) is 11.4. The van der Waals surface area contributed by atoms with Gasteiger partial charge in [0.1, 0.15) is 46.5 Å². The average Bonchev–Trinajstić information content (AvgIpc) is 3.76. The minimum atomic E-state index is -4.87. The molecule has 0 unspecified atom stereocenters. The number of hydrogen-bond donors (Lipinski definition) is 3. The summed E-state index contributed by atoms with van der Waals surface area (Å²) in [5.74, 6) is -4.08. The van der Waals surface area contributed by atoms with E-state index in [9.17, 15) is 32.3 Å². The van der Waals surface area contributed by atoms with Crippen molar-refractivity contribution in [3.63, 3.8) is 0 Å². The van der Waals surface area contributed by atoms with E-state index in [1.165, 1.54) is 31.2 Å². The topological polar surface area (TPSA) is 137 Å². The lowest BCUT2D eigenvalue weighted by Gasteiger charge is -2.24. The number of rotatable bonds is 9. The van der Waals surface area contributed by atoms with Crippen molar-refractivity contribution in [1.82, 2.24) is 15.3 Å². The van der Waals surface area contributed by atoms with E-state index in [0.29, 0.717) is 16.6 Å². The third-order valence-electron chi connectivity index (χ3n) is 8.03. The first-order valence-electron chi connectivity index (χ1n) is 14.2. The van der Waals surface area contributed by atoms with Gasteiger partial charge in [-0.3, -0.25) is 9.59 Å². The number of primary amides is 1. The lowest BCUT2D eigenvalue weighted by Crippen LogP contribution is -2.40. The Balaban J connectivity index is 1.36. The number of aliphatic hydroxyl groups is 1. The summed E-state index contributed by atoms with van der Waals surface area (Å²) >= 11 is 0. The van der Waals surface area contributed by atoms with Gasteiger partial charge in [0.25, 0.3) is 5.91 Å². The molecule has 1 aliphatic heterocycles. The van der Waals surface area contributed by atoms with Gasteiger partial charge in [-0.2, -0.15) is 13.2 Å². The Morgan fingerprint density at radius 1 is 1.13 bits per heavy atom. The monoisotopic (exact) mass is 624 g/mol. The Bertz CT molecular complexity index is 1810. The number of aromatic nitrogens is 2. The van der Waals surface area contributed by atoms with Crippen molar-refractivity contribution in [3.05, 3.63) is 82.9 Å². The van der Waals surface area contributed by atoms with Crippen LogP contribution in [0.3, 0.4) is 0 Å². The van der Waals surface area contributed by atoms with Crippen molar-refractivity contribution in [2.75, 3.05) is 13.2 Å². The van der Waals surface area contributed by atoms with Gasteiger partial charge >= 0.3 is 6.18 Å². The van der Waals surface area contributed by atoms with Gasteiger partial charge in [-0.05, 0) is 68.3 Å². The van der Waals surface area contributed by atoms with Gasteiger partial charge in [-0.25, -0.2) is 14.4 Å². The molecule has 2 aromatic carbocycles. The molecule has 4 N–H and O–H groups in total. The molecule has 0 radical (unpaired) electrons. The number of nitrogens with two attached hydrogens (primary N) is 1. The Morgan fingerprint density at radius 3 is 2.51 bits per heavy atom. The number of carbonyl (C=O) groups excluding carboxylic acids is 2. The number of halogens is 4. The molecule has 3 heterocycles. The van der Waals surface area contributed by atoms with Crippen molar-refractivity contribution >= 4 is 22.7 Å². The fraction of sp³-hybridized carbons (Fsp3) is 0.312. The van der Waals surface area contributed by atoms with E-state index >= 15 is 0 Å². The van der Waals surface area contributed by atoms with Crippen LogP contribution in [-0.4, -0.2) is 52.3 Å². The Hall–Kier alpha value is -4.78. The van der Waals surface area contributed by atoms with E-state index in [2.05, 4.69) is 15.3 Å². The summed E-state index contributed by atoms with van der Waals surface area (Å²) in [5, 5.41) is 12.4. The quantitative estimate of drug-likeness (QED) is 0.230. The molecule has 0 spiro atoms. The number of pyridine rings is 2. The summed E-state index contributed by atoms with van der Waals surface area (Å²) in [5.41, 5.74) is 4.96. The lowest BCUT2D eigenvalue weighted by molar-refractivity contribution is -0.149. The summed E-state index contributed by atoms with van der Waals surface area (Å²) in [6.45, 7) is 0.0588. The molecule has 1 aliphatic carbocycles. The number of nitrogens with zero attached hydrogens (tertiary/aromatic N) is 2. The second-order valence-corrected chi connectivity index (χ2v) is 11.4. The van der Waals surface area contributed by atoms with Gasteiger partial charge < -0.3 is 25.6 Å². The maximum Gasteiger partial charge on any atom is 0.398 e. The molecular weight excluding hydrogens is 596 g/mol. The highest BCUT2D eigenvalue weighted by Crippen LogP contribution is 2.46. The Morgan fingerprint density at radius 2 is 1.87 bits per heavy atom. The van der Waals surface area contributed by atoms with Crippen molar-refractivity contribution < 1.29 is 41.7 Å². The van der Waals surface area contributed by atoms with Crippen LogP contribution in [0.1, 0.15) is 53.0 Å². The SMILES string of the molecule is C[C@]1(C(N)=O)COc2c1cc([C@@H](CNC(=O)c1cc(OC3CC3)c3nc(CO)ccc3c1)C(F)(F)F)nc2-c1ccc(F)cc1. The highest BCUT2D eigenvalue weighted by atomic mass is 19.4. The smallest absolute Gasteiger partial charge is 0.398 e. The van der Waals surface area contributed by atoms with Gasteiger partial charge in [0.15, 0.2) is 0 Å². The minimum Gasteiger partial charge on any atom is -0.489 e. The van der Waals surface area contributed by atoms with Crippen LogP contribution < -0.4 is 20.5 Å². The number of fused-ring (bicyclic) bond motifs is 2. The van der Waals surface area contributed by atoms with Crippen LogP contribution in [0.15, 0.2) is 54.6 Å². The van der Waals surface area contributed by atoms with Crippen LogP contribution in [0.4, 0.5) is 17.6 Å². The number of benzene rings is 2. The maximum absolute atomic E-state index is 14.6. The van der Waals surface area contributed by atoms with Gasteiger partial charge in [-0.1, -0.05) is 6.07 Å². The largest absolute Gasteiger partial charge is 0.489 e. The molecule has 234 valence electrons. The molecule has 2 aromatic heterocycles. The fourth-order valence-corrected chi connectivity index (χ4v) is 5.19. The maximum atomic E-state index is 14.6. The van der Waals surface area contributed by atoms with E-state index in [0.717, 1.165) is 31.0 Å². The molecular formula is C32H28F4N4O5. The molecule has 2 atom stereocenters. The van der Waals surface area contributed by atoms with Crippen LogP contribution in [0.25, 0.3) is 22.2 Å². The predicted octanol–water partition coefficient (Wildman–Crippen LogP) is 4.68. The summed E-state index contributed by atoms with van der Waals surface area (Å²) in [7, 11) is 0. The van der Waals surface area contributed by atoms with Crippen molar-refractivity contribution in [1.29, 1.82) is 0 Å². The third kappa shape index (κ3) is 5.87. The lowest BCUT2D eigenvalue weighted by atomic mass is 9.82. The molecule has 0 saturated heterocycles. The molecule has 1 fully saturated rings. The number of aliphatic hydroxyl groups excluding tert-OH is 1. The number of ether oxygens (including phenoxy) is 2. The van der Waals surface area contributed by atoms with Gasteiger partial charge in [0.05, 0.1) is 24.1 Å². The highest BCUT2D eigenvalue weighted by Gasteiger charge is 2.47. The minimum absolute atomic E-state index is 0.0146. The van der Waals surface area contributed by atoms with E-state index in [4.69, 9.17) is 15.2 Å². The standard InChI is InChI=1S/C32H28F4N4O5/c1-31(30(37)43)15-44-28-22(31)12-24(40-27(28)16-2-5-19(33)6-3-16)23(32(34,35)36)13-38-29(42)18-10-17-4-7-20(14-41)39-26(17)25(11-18)45-21-8-9-21/h2-7,10-12,21,23,41H,8-9,13-15H2,1H3,(H2,37,43)(H,38,42)/t23-,31+/m1/s1. The van der Waals surface area contributed by atoms with Crippen molar-refractivity contribution in [2.45, 2.75) is 50.0 Å². The van der Waals surface area contributed by atoms with E-state index in [-0.39, 0.29) is 53.2 Å². The number of carbonyl (C=O) groups is 2. The van der Waals surface area contributed by atoms with Crippen molar-refractivity contribution in [3.8, 4) is 22.8 Å². The van der Waals surface area contributed by atoms with Gasteiger partial charge in [-0.15, -0.1) is 0 Å². The predicted molar refractivity (Wildman–Crippen MR) is 154 cm³/mol. The second kappa shape index (κ2) is 11.3. The first-order chi connectivity index (χ1) is 21.4. The molecule has 2 aliphatic rings. The average molecular weight is 625 g/mol. The molecule has 2 amide bonds. The molecule has 13 heteroatoms. The van der Waals surface area contributed by atoms with Gasteiger partial charge in [0, 0.05) is 28.6 Å². The molecule has 4 aromatic rings. The number of alkyl halides is 3. The molecule has 1 saturated carbocycles. The van der Waals surface area contributed by atoms with Crippen LogP contribution in [0.2, 0.25) is 0 Å². The summed E-state index contributed by atoms with van der Waals surface area (Å²) in [6, 6.07) is 12.2. The zero-order chi connectivity index (χ0) is 32.1. The van der Waals surface area contributed by atoms with E-state index in [1.54, 1.807) is 12.1 Å². The fourth-order valence-electron chi connectivity index (χ4n) is 5.19. The van der Waals surface area contributed by atoms with Crippen LogP contribution in [0, 0.1) is 5.82 Å². The number of amides is 2. The van der Waals surface area contributed by atoms with Crippen LogP contribution >= 0.6 is 0 Å². The Kier molecular flexibility index (Phi) is 7.59. The molecule has 45 heavy (non-hydrogen) atoms. The summed E-state index contributed by atoms with van der Waals surface area (Å²) in [4.78, 5) is 34.4. The van der Waals surface area contributed by atoms with E-state index in [1.807, 2.05) is 0 Å². The highest BCUT2D eigenvalue weighted by molar-refractivity contribution is 6.00. The zero-order valence-electron chi connectivity index (χ0n) is 24.0. The Labute approximate surface area is 254 Å². The van der Waals surface area contributed by atoms with Crippen LogP contribution in [-0.2, 0) is 16.8 Å². The summed E-state index contributed by atoms with van der Waals surface area (Å²) in [6.07, 6.45) is -3.29. The normalized spacial score (nSPS) is 18.3. The third-order valence-corrected chi connectivity index (χ3v) is 8.03. The number of nitrogens with one attached hydrogen (secondary N) is 1. The van der Waals surface area contributed by atoms with E-state index < -0.39 is 47.4 Å². The molecule has 9 nitrogen and oxygen atoms in total. The number of hydrogen-bond acceptors (Lipinski definition) is 7. The zero-order valence-corrected chi connectivity index (χ0v) is 24.0. The van der Waals surface area contributed by atoms with Gasteiger partial charge in [0.2, 0.25) is 5.91 Å². The first-order valence-corrected chi connectivity index (χ1v) is 14.2. The summed E-state index contributed by atoms with van der Waals surface area (Å²) < 4.78 is 69.2.